The number of nitrogens with one attached hydrogen (secondary N) is 1. The molecule has 0 spiro atoms. The van der Waals surface area contributed by atoms with Crippen molar-refractivity contribution in [2.45, 2.75) is 6.92 Å². The van der Waals surface area contributed by atoms with E-state index in [0.717, 1.165) is 5.56 Å². The molecular weight excluding hydrogens is 387 g/mol. The summed E-state index contributed by atoms with van der Waals surface area (Å²) in [5, 5.41) is 4.72. The van der Waals surface area contributed by atoms with Gasteiger partial charge in [0, 0.05) is 5.56 Å². The highest BCUT2D eigenvalue weighted by molar-refractivity contribution is 6.43. The van der Waals surface area contributed by atoms with E-state index in [1.165, 1.54) is 6.21 Å². The number of benzene rings is 2. The average molecular weight is 403 g/mol. The van der Waals surface area contributed by atoms with Crippen molar-refractivity contribution in [1.29, 1.82) is 0 Å². The number of furan rings is 1. The van der Waals surface area contributed by atoms with Gasteiger partial charge >= 0.3 is 0 Å². The molecule has 0 atom stereocenters. The predicted octanol–water partition coefficient (Wildman–Crippen LogP) is 5.09. The first-order chi connectivity index (χ1) is 13.0. The van der Waals surface area contributed by atoms with Crippen LogP contribution >= 0.6 is 23.2 Å². The Balaban J connectivity index is 1.54. The fourth-order valence-electron chi connectivity index (χ4n) is 2.24. The molecule has 0 saturated carbocycles. The summed E-state index contributed by atoms with van der Waals surface area (Å²) in [7, 11) is 0. The lowest BCUT2D eigenvalue weighted by Gasteiger charge is -2.04. The predicted molar refractivity (Wildman–Crippen MR) is 107 cm³/mol. The molecule has 2 aromatic carbocycles. The van der Waals surface area contributed by atoms with Crippen molar-refractivity contribution in [3.8, 4) is 17.1 Å². The largest absolute Gasteiger partial charge is 0.484 e. The average Bonchev–Trinajstić information content (AvgIpc) is 3.12. The monoisotopic (exact) mass is 402 g/mol. The summed E-state index contributed by atoms with van der Waals surface area (Å²) >= 11 is 12.2. The van der Waals surface area contributed by atoms with Crippen molar-refractivity contribution in [3.05, 3.63) is 76.0 Å². The summed E-state index contributed by atoms with van der Waals surface area (Å²) in [6.07, 6.45) is 1.39. The van der Waals surface area contributed by atoms with Gasteiger partial charge in [-0.2, -0.15) is 5.10 Å². The molecule has 138 valence electrons. The van der Waals surface area contributed by atoms with Crippen molar-refractivity contribution in [2.75, 3.05) is 6.61 Å². The van der Waals surface area contributed by atoms with Crippen LogP contribution in [0.1, 0.15) is 11.3 Å². The lowest BCUT2D eigenvalue weighted by molar-refractivity contribution is -0.123. The molecule has 0 radical (unpaired) electrons. The third-order valence-electron chi connectivity index (χ3n) is 3.62. The SMILES string of the molecule is Cc1ccc(OCC(=O)N/N=C/c2ccc(-c3cccc(Cl)c3Cl)o2)cc1. The van der Waals surface area contributed by atoms with E-state index in [2.05, 4.69) is 10.5 Å². The fourth-order valence-corrected chi connectivity index (χ4v) is 2.64. The Morgan fingerprint density at radius 3 is 2.70 bits per heavy atom. The summed E-state index contributed by atoms with van der Waals surface area (Å²) in [6.45, 7) is 1.84. The highest BCUT2D eigenvalue weighted by Crippen LogP contribution is 2.34. The molecule has 1 amide bonds. The summed E-state index contributed by atoms with van der Waals surface area (Å²) in [5.41, 5.74) is 4.18. The van der Waals surface area contributed by atoms with Crippen molar-refractivity contribution < 1.29 is 13.9 Å². The second kappa shape index (κ2) is 8.75. The van der Waals surface area contributed by atoms with Gasteiger partial charge in [0.25, 0.3) is 5.91 Å². The van der Waals surface area contributed by atoms with Crippen LogP contribution in [0.4, 0.5) is 0 Å². The van der Waals surface area contributed by atoms with Gasteiger partial charge in [-0.25, -0.2) is 5.43 Å². The Hall–Kier alpha value is -2.76. The van der Waals surface area contributed by atoms with Gasteiger partial charge in [-0.05, 0) is 43.3 Å². The second-order valence-corrected chi connectivity index (χ2v) is 6.48. The van der Waals surface area contributed by atoms with Gasteiger partial charge in [0.15, 0.2) is 6.61 Å². The van der Waals surface area contributed by atoms with E-state index >= 15 is 0 Å². The second-order valence-electron chi connectivity index (χ2n) is 5.70. The molecule has 3 aromatic rings. The Bertz CT molecular complexity index is 966. The van der Waals surface area contributed by atoms with Gasteiger partial charge in [0.1, 0.15) is 17.3 Å². The van der Waals surface area contributed by atoms with Crippen LogP contribution in [-0.4, -0.2) is 18.7 Å². The number of hydrazone groups is 1. The number of ether oxygens (including phenoxy) is 1. The maximum Gasteiger partial charge on any atom is 0.277 e. The highest BCUT2D eigenvalue weighted by Gasteiger charge is 2.10. The van der Waals surface area contributed by atoms with E-state index in [1.807, 2.05) is 19.1 Å². The van der Waals surface area contributed by atoms with E-state index in [1.54, 1.807) is 42.5 Å². The first-order valence-corrected chi connectivity index (χ1v) is 8.84. The summed E-state index contributed by atoms with van der Waals surface area (Å²) in [6, 6.07) is 16.2. The van der Waals surface area contributed by atoms with Crippen LogP contribution < -0.4 is 10.2 Å². The third kappa shape index (κ3) is 5.12. The number of hydrogen-bond acceptors (Lipinski definition) is 4. The van der Waals surface area contributed by atoms with Gasteiger partial charge in [0.05, 0.1) is 16.3 Å². The Morgan fingerprint density at radius 1 is 1.15 bits per heavy atom. The van der Waals surface area contributed by atoms with Crippen LogP contribution in [0, 0.1) is 6.92 Å². The standard InChI is InChI=1S/C20H16Cl2N2O3/c1-13-5-7-14(8-6-13)26-12-19(25)24-23-11-15-9-10-18(27-15)16-3-2-4-17(21)20(16)22/h2-11H,12H2,1H3,(H,24,25)/b23-11+. The molecular formula is C20H16Cl2N2O3. The summed E-state index contributed by atoms with van der Waals surface area (Å²) < 4.78 is 11.0. The van der Waals surface area contributed by atoms with Crippen LogP contribution in [0.3, 0.4) is 0 Å². The van der Waals surface area contributed by atoms with Crippen LogP contribution in [0.5, 0.6) is 5.75 Å². The van der Waals surface area contributed by atoms with Gasteiger partial charge in [0.2, 0.25) is 0 Å². The van der Waals surface area contributed by atoms with Crippen LogP contribution in [0.25, 0.3) is 11.3 Å². The van der Waals surface area contributed by atoms with Gasteiger partial charge < -0.3 is 9.15 Å². The zero-order chi connectivity index (χ0) is 19.2. The third-order valence-corrected chi connectivity index (χ3v) is 4.43. The topological polar surface area (TPSA) is 63.8 Å². The summed E-state index contributed by atoms with van der Waals surface area (Å²) in [4.78, 5) is 11.8. The number of hydrogen-bond donors (Lipinski definition) is 1. The molecule has 0 bridgehead atoms. The quantitative estimate of drug-likeness (QED) is 0.461. The molecule has 1 heterocycles. The van der Waals surface area contributed by atoms with Gasteiger partial charge in [-0.3, -0.25) is 4.79 Å². The zero-order valence-corrected chi connectivity index (χ0v) is 15.9. The lowest BCUT2D eigenvalue weighted by atomic mass is 10.2. The molecule has 1 aromatic heterocycles. The summed E-state index contributed by atoms with van der Waals surface area (Å²) in [5.74, 6) is 1.25. The maximum atomic E-state index is 11.8. The van der Waals surface area contributed by atoms with E-state index in [0.29, 0.717) is 32.9 Å². The minimum atomic E-state index is -0.378. The number of aryl methyl sites for hydroxylation is 1. The Morgan fingerprint density at radius 2 is 1.93 bits per heavy atom. The molecule has 0 aliphatic heterocycles. The normalized spacial score (nSPS) is 10.9. The molecule has 7 heteroatoms. The molecule has 0 saturated heterocycles. The van der Waals surface area contributed by atoms with Crippen molar-refractivity contribution in [3.63, 3.8) is 0 Å². The fraction of sp³-hybridized carbons (Fsp3) is 0.100. The van der Waals surface area contributed by atoms with Crippen LogP contribution in [0.15, 0.2) is 64.1 Å². The zero-order valence-electron chi connectivity index (χ0n) is 14.4. The molecule has 1 N–H and O–H groups in total. The molecule has 27 heavy (non-hydrogen) atoms. The minimum absolute atomic E-state index is 0.137. The molecule has 0 unspecified atom stereocenters. The van der Waals surface area contributed by atoms with Crippen molar-refractivity contribution in [1.82, 2.24) is 5.43 Å². The minimum Gasteiger partial charge on any atom is -0.484 e. The van der Waals surface area contributed by atoms with E-state index < -0.39 is 0 Å². The van der Waals surface area contributed by atoms with Crippen LogP contribution in [-0.2, 0) is 4.79 Å². The Kier molecular flexibility index (Phi) is 6.16. The number of rotatable bonds is 6. The number of amides is 1. The first kappa shape index (κ1) is 19.0. The molecule has 0 fully saturated rings. The number of carbonyl (C=O) groups excluding carboxylic acids is 1. The van der Waals surface area contributed by atoms with Crippen molar-refractivity contribution in [2.24, 2.45) is 5.10 Å². The van der Waals surface area contributed by atoms with Crippen LogP contribution in [0.2, 0.25) is 10.0 Å². The first-order valence-electron chi connectivity index (χ1n) is 8.08. The molecule has 0 aliphatic carbocycles. The smallest absolute Gasteiger partial charge is 0.277 e. The number of carbonyl (C=O) groups is 1. The highest BCUT2D eigenvalue weighted by atomic mass is 35.5. The number of nitrogens with zero attached hydrogens (tertiary/aromatic N) is 1. The van der Waals surface area contributed by atoms with E-state index in [9.17, 15) is 4.79 Å². The lowest BCUT2D eigenvalue weighted by Crippen LogP contribution is -2.24. The molecule has 3 rings (SSSR count). The molecule has 5 nitrogen and oxygen atoms in total. The van der Waals surface area contributed by atoms with Gasteiger partial charge in [-0.1, -0.05) is 47.0 Å². The van der Waals surface area contributed by atoms with E-state index in [4.69, 9.17) is 32.4 Å². The van der Waals surface area contributed by atoms with E-state index in [-0.39, 0.29) is 12.5 Å². The molecule has 0 aliphatic rings. The number of halogens is 2. The van der Waals surface area contributed by atoms with Crippen molar-refractivity contribution >= 4 is 35.3 Å². The maximum absolute atomic E-state index is 11.8. The Labute approximate surface area is 166 Å². The van der Waals surface area contributed by atoms with Gasteiger partial charge in [-0.15, -0.1) is 0 Å².